The lowest BCUT2D eigenvalue weighted by molar-refractivity contribution is 0.0687. The van der Waals surface area contributed by atoms with Gasteiger partial charge in [0.2, 0.25) is 0 Å². The van der Waals surface area contributed by atoms with Gasteiger partial charge in [0.1, 0.15) is 5.69 Å². The summed E-state index contributed by atoms with van der Waals surface area (Å²) in [5.74, 6) is -0.899. The number of hydrogen-bond donors (Lipinski definition) is 1. The lowest BCUT2D eigenvalue weighted by Crippen LogP contribution is -2.05. The van der Waals surface area contributed by atoms with Crippen molar-refractivity contribution in [2.45, 2.75) is 13.8 Å². The van der Waals surface area contributed by atoms with E-state index in [0.29, 0.717) is 5.69 Å². The van der Waals surface area contributed by atoms with E-state index < -0.39 is 5.97 Å². The standard InChI is InChI=1S/C14H15NO2/c1-9-5-4-6-11(10(9)2)12-7-8-13(14(16)17)15(12)3/h4-8H,1-3H3,(H,16,17). The molecule has 1 aromatic carbocycles. The van der Waals surface area contributed by atoms with Crippen molar-refractivity contribution in [3.63, 3.8) is 0 Å². The third kappa shape index (κ3) is 1.84. The van der Waals surface area contributed by atoms with Gasteiger partial charge in [0, 0.05) is 18.3 Å². The minimum Gasteiger partial charge on any atom is -0.477 e. The summed E-state index contributed by atoms with van der Waals surface area (Å²) in [6.45, 7) is 4.11. The first kappa shape index (κ1) is 11.5. The van der Waals surface area contributed by atoms with Crippen molar-refractivity contribution in [3.8, 4) is 11.3 Å². The highest BCUT2D eigenvalue weighted by Crippen LogP contribution is 2.26. The number of carbonyl (C=O) groups is 1. The van der Waals surface area contributed by atoms with E-state index in [1.54, 1.807) is 17.7 Å². The molecule has 0 aliphatic rings. The van der Waals surface area contributed by atoms with E-state index >= 15 is 0 Å². The van der Waals surface area contributed by atoms with Crippen LogP contribution in [0.4, 0.5) is 0 Å². The molecule has 88 valence electrons. The Morgan fingerprint density at radius 3 is 2.47 bits per heavy atom. The van der Waals surface area contributed by atoms with Crippen LogP contribution in [-0.4, -0.2) is 15.6 Å². The smallest absolute Gasteiger partial charge is 0.352 e. The molecule has 0 aliphatic heterocycles. The molecule has 0 spiro atoms. The zero-order valence-electron chi connectivity index (χ0n) is 10.2. The van der Waals surface area contributed by atoms with Crippen molar-refractivity contribution in [2.24, 2.45) is 7.05 Å². The summed E-state index contributed by atoms with van der Waals surface area (Å²) in [5.41, 5.74) is 4.72. The Bertz CT molecular complexity index is 582. The Morgan fingerprint density at radius 1 is 1.18 bits per heavy atom. The van der Waals surface area contributed by atoms with Gasteiger partial charge in [-0.2, -0.15) is 0 Å². The zero-order valence-corrected chi connectivity index (χ0v) is 10.2. The van der Waals surface area contributed by atoms with E-state index in [1.165, 1.54) is 11.1 Å². The average molecular weight is 229 g/mol. The third-order valence-corrected chi connectivity index (χ3v) is 3.22. The molecule has 0 aliphatic carbocycles. The van der Waals surface area contributed by atoms with Gasteiger partial charge in [-0.25, -0.2) is 4.79 Å². The maximum absolute atomic E-state index is 11.0. The van der Waals surface area contributed by atoms with E-state index in [0.717, 1.165) is 11.3 Å². The van der Waals surface area contributed by atoms with Gasteiger partial charge in [-0.3, -0.25) is 0 Å². The fraction of sp³-hybridized carbons (Fsp3) is 0.214. The van der Waals surface area contributed by atoms with Crippen LogP contribution in [0.3, 0.4) is 0 Å². The summed E-state index contributed by atoms with van der Waals surface area (Å²) in [7, 11) is 1.78. The highest BCUT2D eigenvalue weighted by atomic mass is 16.4. The lowest BCUT2D eigenvalue weighted by atomic mass is 10.0. The molecule has 1 heterocycles. The average Bonchev–Trinajstić information content (AvgIpc) is 2.64. The van der Waals surface area contributed by atoms with Crippen LogP contribution in [0.2, 0.25) is 0 Å². The summed E-state index contributed by atoms with van der Waals surface area (Å²) in [6, 6.07) is 9.55. The van der Waals surface area contributed by atoms with Crippen molar-refractivity contribution in [1.29, 1.82) is 0 Å². The molecule has 1 N–H and O–H groups in total. The third-order valence-electron chi connectivity index (χ3n) is 3.22. The Hall–Kier alpha value is -2.03. The maximum atomic E-state index is 11.0. The second kappa shape index (κ2) is 4.09. The number of hydrogen-bond acceptors (Lipinski definition) is 1. The molecule has 2 rings (SSSR count). The molecule has 3 heteroatoms. The number of rotatable bonds is 2. The number of benzene rings is 1. The first-order valence-corrected chi connectivity index (χ1v) is 5.48. The van der Waals surface area contributed by atoms with Crippen LogP contribution in [0.1, 0.15) is 21.6 Å². The zero-order chi connectivity index (χ0) is 12.6. The number of aryl methyl sites for hydroxylation is 1. The predicted octanol–water partition coefficient (Wildman–Crippen LogP) is 3.01. The van der Waals surface area contributed by atoms with Crippen LogP contribution in [0.15, 0.2) is 30.3 Å². The van der Waals surface area contributed by atoms with E-state index in [2.05, 4.69) is 19.9 Å². The molecule has 3 nitrogen and oxygen atoms in total. The molecule has 0 saturated heterocycles. The number of nitrogens with zero attached hydrogens (tertiary/aromatic N) is 1. The molecule has 0 amide bonds. The molecule has 0 fully saturated rings. The molecule has 0 atom stereocenters. The van der Waals surface area contributed by atoms with Crippen LogP contribution in [0, 0.1) is 13.8 Å². The number of aromatic carboxylic acids is 1. The number of aromatic nitrogens is 1. The topological polar surface area (TPSA) is 42.2 Å². The van der Waals surface area contributed by atoms with Gasteiger partial charge in [-0.05, 0) is 37.1 Å². The number of carboxylic acids is 1. The Kier molecular flexibility index (Phi) is 2.76. The largest absolute Gasteiger partial charge is 0.477 e. The van der Waals surface area contributed by atoms with Gasteiger partial charge in [0.05, 0.1) is 0 Å². The number of carboxylic acid groups (broad SMARTS) is 1. The second-order valence-corrected chi connectivity index (χ2v) is 4.22. The molecule has 17 heavy (non-hydrogen) atoms. The van der Waals surface area contributed by atoms with Gasteiger partial charge in [0.15, 0.2) is 0 Å². The highest BCUT2D eigenvalue weighted by Gasteiger charge is 2.13. The fourth-order valence-corrected chi connectivity index (χ4v) is 2.03. The summed E-state index contributed by atoms with van der Waals surface area (Å²) in [5, 5.41) is 9.03. The molecule has 0 unspecified atom stereocenters. The Labute approximate surface area is 100 Å². The lowest BCUT2D eigenvalue weighted by Gasteiger charge is -2.10. The second-order valence-electron chi connectivity index (χ2n) is 4.22. The summed E-state index contributed by atoms with van der Waals surface area (Å²) in [6.07, 6.45) is 0. The SMILES string of the molecule is Cc1cccc(-c2ccc(C(=O)O)n2C)c1C. The van der Waals surface area contributed by atoms with Crippen LogP contribution in [0.25, 0.3) is 11.3 Å². The fourth-order valence-electron chi connectivity index (χ4n) is 2.03. The van der Waals surface area contributed by atoms with Gasteiger partial charge >= 0.3 is 5.97 Å². The summed E-state index contributed by atoms with van der Waals surface area (Å²) < 4.78 is 1.71. The van der Waals surface area contributed by atoms with Gasteiger partial charge in [0.25, 0.3) is 0 Å². The molecule has 0 bridgehead atoms. The van der Waals surface area contributed by atoms with E-state index in [-0.39, 0.29) is 0 Å². The summed E-state index contributed by atoms with van der Waals surface area (Å²) >= 11 is 0. The van der Waals surface area contributed by atoms with Crippen molar-refractivity contribution < 1.29 is 9.90 Å². The minimum atomic E-state index is -0.899. The van der Waals surface area contributed by atoms with Crippen molar-refractivity contribution in [2.75, 3.05) is 0 Å². The Morgan fingerprint density at radius 2 is 1.88 bits per heavy atom. The normalized spacial score (nSPS) is 10.5. The summed E-state index contributed by atoms with van der Waals surface area (Å²) in [4.78, 5) is 11.0. The van der Waals surface area contributed by atoms with E-state index in [1.807, 2.05) is 18.2 Å². The highest BCUT2D eigenvalue weighted by molar-refractivity contribution is 5.87. The molecular weight excluding hydrogens is 214 g/mol. The predicted molar refractivity (Wildman–Crippen MR) is 67.3 cm³/mol. The first-order chi connectivity index (χ1) is 8.02. The maximum Gasteiger partial charge on any atom is 0.352 e. The van der Waals surface area contributed by atoms with Crippen LogP contribution < -0.4 is 0 Å². The van der Waals surface area contributed by atoms with Gasteiger partial charge in [-0.15, -0.1) is 0 Å². The van der Waals surface area contributed by atoms with Crippen molar-refractivity contribution in [1.82, 2.24) is 4.57 Å². The van der Waals surface area contributed by atoms with E-state index in [4.69, 9.17) is 5.11 Å². The molecule has 1 aromatic heterocycles. The van der Waals surface area contributed by atoms with Gasteiger partial charge < -0.3 is 9.67 Å². The quantitative estimate of drug-likeness (QED) is 0.860. The molecule has 2 aromatic rings. The molecule has 0 radical (unpaired) electrons. The van der Waals surface area contributed by atoms with Gasteiger partial charge in [-0.1, -0.05) is 18.2 Å². The van der Waals surface area contributed by atoms with Crippen molar-refractivity contribution >= 4 is 5.97 Å². The molecule has 0 saturated carbocycles. The Balaban J connectivity index is 2.62. The molecular formula is C14H15NO2. The van der Waals surface area contributed by atoms with E-state index in [9.17, 15) is 4.79 Å². The monoisotopic (exact) mass is 229 g/mol. The van der Waals surface area contributed by atoms with Crippen LogP contribution >= 0.6 is 0 Å². The first-order valence-electron chi connectivity index (χ1n) is 5.48. The van der Waals surface area contributed by atoms with Crippen LogP contribution in [0.5, 0.6) is 0 Å². The minimum absolute atomic E-state index is 0.306. The van der Waals surface area contributed by atoms with Crippen molar-refractivity contribution in [3.05, 3.63) is 47.2 Å². The van der Waals surface area contributed by atoms with Crippen LogP contribution in [-0.2, 0) is 7.05 Å².